The molecule has 0 radical (unpaired) electrons. The van der Waals surface area contributed by atoms with Crippen molar-refractivity contribution in [2.24, 2.45) is 0 Å². The molecular weight excluding hydrogens is 416 g/mol. The zero-order valence-corrected chi connectivity index (χ0v) is 18.8. The molecule has 0 aliphatic heterocycles. The first-order valence-corrected chi connectivity index (χ1v) is 11.6. The van der Waals surface area contributed by atoms with Gasteiger partial charge in [-0.2, -0.15) is 11.8 Å². The van der Waals surface area contributed by atoms with E-state index in [-0.39, 0.29) is 15.5 Å². The van der Waals surface area contributed by atoms with Crippen LogP contribution in [0.1, 0.15) is 31.1 Å². The van der Waals surface area contributed by atoms with Crippen molar-refractivity contribution >= 4 is 45.0 Å². The quantitative estimate of drug-likeness (QED) is 0.647. The lowest BCUT2D eigenvalue weighted by Crippen LogP contribution is -2.28. The minimum atomic E-state index is -3.75. The largest absolute Gasteiger partial charge is 0.351 e. The van der Waals surface area contributed by atoms with Gasteiger partial charge < -0.3 is 5.32 Å². The Morgan fingerprint density at radius 1 is 1.14 bits per heavy atom. The van der Waals surface area contributed by atoms with E-state index in [0.717, 1.165) is 10.1 Å². The fourth-order valence-corrected chi connectivity index (χ4v) is 4.50. The molecule has 8 heteroatoms. The summed E-state index contributed by atoms with van der Waals surface area (Å²) in [6, 6.07) is 12.5. The number of sulfonamides is 1. The Hall–Kier alpha value is -1.70. The van der Waals surface area contributed by atoms with Crippen LogP contribution in [0.5, 0.6) is 0 Å². The van der Waals surface area contributed by atoms with Crippen molar-refractivity contribution in [3.8, 4) is 0 Å². The van der Waals surface area contributed by atoms with Gasteiger partial charge in [0.25, 0.3) is 15.9 Å². The molecule has 0 saturated carbocycles. The number of hydrogen-bond donors (Lipinski definition) is 1. The molecule has 1 N–H and O–H groups in total. The average molecular weight is 441 g/mol. The Kier molecular flexibility index (Phi) is 7.42. The molecule has 152 valence electrons. The first-order valence-electron chi connectivity index (χ1n) is 8.77. The summed E-state index contributed by atoms with van der Waals surface area (Å²) in [6.07, 6.45) is 0. The second kappa shape index (κ2) is 9.20. The molecule has 0 atom stereocenters. The van der Waals surface area contributed by atoms with Gasteiger partial charge in [-0.25, -0.2) is 8.42 Å². The molecule has 0 bridgehead atoms. The molecule has 5 nitrogen and oxygen atoms in total. The maximum absolute atomic E-state index is 12.8. The number of carbonyl (C=O) groups excluding carboxylic acids is 1. The Morgan fingerprint density at radius 3 is 2.39 bits per heavy atom. The van der Waals surface area contributed by atoms with Crippen LogP contribution in [0, 0.1) is 0 Å². The summed E-state index contributed by atoms with van der Waals surface area (Å²) in [5.74, 6) is 0.577. The lowest BCUT2D eigenvalue weighted by molar-refractivity contribution is 0.0956. The monoisotopic (exact) mass is 440 g/mol. The van der Waals surface area contributed by atoms with Crippen molar-refractivity contribution in [1.82, 2.24) is 5.32 Å². The topological polar surface area (TPSA) is 66.5 Å². The number of amides is 1. The fraction of sp³-hybridized carbons (Fsp3) is 0.350. The van der Waals surface area contributed by atoms with Crippen LogP contribution in [0.15, 0.2) is 53.4 Å². The molecule has 0 fully saturated rings. The molecule has 1 amide bonds. The van der Waals surface area contributed by atoms with Gasteiger partial charge in [0, 0.05) is 34.7 Å². The SMILES string of the molecule is CN(c1cccc(C(=O)NCCSC(C)(C)C)c1)S(=O)(=O)c1ccc(Cl)cc1. The molecule has 2 aromatic carbocycles. The smallest absolute Gasteiger partial charge is 0.264 e. The van der Waals surface area contributed by atoms with Gasteiger partial charge in [0.1, 0.15) is 0 Å². The standard InChI is InChI=1S/C20H25ClN2O3S2/c1-20(2,3)27-13-12-22-19(24)15-6-5-7-17(14-15)23(4)28(25,26)18-10-8-16(21)9-11-18/h5-11,14H,12-13H2,1-4H3,(H,22,24). The van der Waals surface area contributed by atoms with E-state index in [1.807, 2.05) is 0 Å². The van der Waals surface area contributed by atoms with Crippen LogP contribution in [0.4, 0.5) is 5.69 Å². The van der Waals surface area contributed by atoms with Gasteiger partial charge in [0.2, 0.25) is 0 Å². The summed E-state index contributed by atoms with van der Waals surface area (Å²) in [4.78, 5) is 12.5. The molecule has 2 rings (SSSR count). The highest BCUT2D eigenvalue weighted by atomic mass is 35.5. The Bertz CT molecular complexity index is 923. The molecule has 0 aliphatic rings. The molecule has 0 spiro atoms. The van der Waals surface area contributed by atoms with E-state index in [0.29, 0.717) is 22.8 Å². The Morgan fingerprint density at radius 2 is 1.79 bits per heavy atom. The maximum Gasteiger partial charge on any atom is 0.264 e. The first kappa shape index (κ1) is 22.6. The molecule has 28 heavy (non-hydrogen) atoms. The highest BCUT2D eigenvalue weighted by Gasteiger charge is 2.22. The van der Waals surface area contributed by atoms with Crippen LogP contribution in [0.2, 0.25) is 5.02 Å². The molecule has 0 aliphatic carbocycles. The lowest BCUT2D eigenvalue weighted by Gasteiger charge is -2.20. The summed E-state index contributed by atoms with van der Waals surface area (Å²) in [7, 11) is -2.29. The second-order valence-corrected chi connectivity index (χ2v) is 11.5. The Labute approximate surface area is 176 Å². The number of thioether (sulfide) groups is 1. The van der Waals surface area contributed by atoms with Gasteiger partial charge in [0.05, 0.1) is 10.6 Å². The van der Waals surface area contributed by atoms with E-state index in [1.54, 1.807) is 36.0 Å². The van der Waals surface area contributed by atoms with Crippen LogP contribution in [-0.2, 0) is 10.0 Å². The number of rotatable bonds is 7. The van der Waals surface area contributed by atoms with Crippen LogP contribution in [-0.4, -0.2) is 38.4 Å². The van der Waals surface area contributed by atoms with Gasteiger partial charge >= 0.3 is 0 Å². The second-order valence-electron chi connectivity index (χ2n) is 7.19. The number of halogens is 1. The van der Waals surface area contributed by atoms with Crippen molar-refractivity contribution in [2.75, 3.05) is 23.7 Å². The van der Waals surface area contributed by atoms with E-state index >= 15 is 0 Å². The number of carbonyl (C=O) groups is 1. The van der Waals surface area contributed by atoms with E-state index in [1.165, 1.54) is 31.3 Å². The molecule has 2 aromatic rings. The molecule has 0 heterocycles. The molecule has 0 unspecified atom stereocenters. The summed E-state index contributed by atoms with van der Waals surface area (Å²) < 4.78 is 26.9. The molecular formula is C20H25ClN2O3S2. The van der Waals surface area contributed by atoms with Gasteiger partial charge in [-0.05, 0) is 42.5 Å². The minimum Gasteiger partial charge on any atom is -0.351 e. The average Bonchev–Trinajstić information content (AvgIpc) is 2.64. The number of hydrogen-bond acceptors (Lipinski definition) is 4. The first-order chi connectivity index (χ1) is 13.0. The van der Waals surface area contributed by atoms with Gasteiger partial charge in [-0.1, -0.05) is 38.4 Å². The van der Waals surface area contributed by atoms with Crippen LogP contribution in [0.3, 0.4) is 0 Å². The van der Waals surface area contributed by atoms with E-state index in [2.05, 4.69) is 26.1 Å². The van der Waals surface area contributed by atoms with Crippen LogP contribution < -0.4 is 9.62 Å². The third-order valence-electron chi connectivity index (χ3n) is 3.87. The summed E-state index contributed by atoms with van der Waals surface area (Å²) in [6.45, 7) is 6.92. The van der Waals surface area contributed by atoms with Crippen molar-refractivity contribution < 1.29 is 13.2 Å². The fourth-order valence-electron chi connectivity index (χ4n) is 2.37. The summed E-state index contributed by atoms with van der Waals surface area (Å²) in [5.41, 5.74) is 0.822. The van der Waals surface area contributed by atoms with Gasteiger partial charge in [-0.15, -0.1) is 0 Å². The lowest BCUT2D eigenvalue weighted by atomic mass is 10.2. The van der Waals surface area contributed by atoms with E-state index < -0.39 is 10.0 Å². The summed E-state index contributed by atoms with van der Waals surface area (Å²) >= 11 is 7.61. The highest BCUT2D eigenvalue weighted by Crippen LogP contribution is 2.24. The molecule has 0 saturated heterocycles. The third-order valence-corrected chi connectivity index (χ3v) is 7.19. The highest BCUT2D eigenvalue weighted by molar-refractivity contribution is 8.00. The van der Waals surface area contributed by atoms with Crippen molar-refractivity contribution in [3.05, 3.63) is 59.1 Å². The third kappa shape index (κ3) is 6.15. The minimum absolute atomic E-state index is 0.133. The number of anilines is 1. The van der Waals surface area contributed by atoms with E-state index in [4.69, 9.17) is 11.6 Å². The van der Waals surface area contributed by atoms with Gasteiger partial charge in [-0.3, -0.25) is 9.10 Å². The zero-order chi connectivity index (χ0) is 20.9. The number of nitrogens with one attached hydrogen (secondary N) is 1. The number of benzene rings is 2. The van der Waals surface area contributed by atoms with Crippen molar-refractivity contribution in [2.45, 2.75) is 30.4 Å². The maximum atomic E-state index is 12.8. The van der Waals surface area contributed by atoms with Gasteiger partial charge in [0.15, 0.2) is 0 Å². The van der Waals surface area contributed by atoms with Crippen molar-refractivity contribution in [1.29, 1.82) is 0 Å². The predicted octanol–water partition coefficient (Wildman–Crippen LogP) is 4.43. The summed E-state index contributed by atoms with van der Waals surface area (Å²) in [5, 5.41) is 3.33. The van der Waals surface area contributed by atoms with Crippen molar-refractivity contribution in [3.63, 3.8) is 0 Å². The normalized spacial score (nSPS) is 11.9. The van der Waals surface area contributed by atoms with Crippen LogP contribution >= 0.6 is 23.4 Å². The molecule has 0 aromatic heterocycles. The van der Waals surface area contributed by atoms with E-state index in [9.17, 15) is 13.2 Å². The van der Waals surface area contributed by atoms with Crippen LogP contribution in [0.25, 0.3) is 0 Å². The predicted molar refractivity (Wildman–Crippen MR) is 118 cm³/mol. The zero-order valence-electron chi connectivity index (χ0n) is 16.4. The Balaban J connectivity index is 2.11. The number of nitrogens with zero attached hydrogens (tertiary/aromatic N) is 1.